The minimum absolute atomic E-state index is 0.0594. The van der Waals surface area contributed by atoms with E-state index in [4.69, 9.17) is 0 Å². The van der Waals surface area contributed by atoms with Gasteiger partial charge in [-0.3, -0.25) is 9.59 Å². The molecule has 0 aromatic heterocycles. The summed E-state index contributed by atoms with van der Waals surface area (Å²) in [5, 5.41) is 8.38. The molecule has 0 radical (unpaired) electrons. The van der Waals surface area contributed by atoms with Crippen molar-refractivity contribution in [3.63, 3.8) is 0 Å². The zero-order valence-corrected chi connectivity index (χ0v) is 18.2. The SMILES string of the molecule is Cc1c2c3c(c(C)c(=O)c4c5c(=O)c(C)c6c7c(c(C)c(C)c(c(c1C)c34)c75)C6)C2. The van der Waals surface area contributed by atoms with Gasteiger partial charge in [0, 0.05) is 32.7 Å². The third-order valence-electron chi connectivity index (χ3n) is 8.74. The molecule has 0 N–H and O–H groups in total. The molecule has 0 spiro atoms. The molecule has 5 aromatic rings. The highest BCUT2D eigenvalue weighted by Crippen LogP contribution is 2.52. The van der Waals surface area contributed by atoms with E-state index < -0.39 is 0 Å². The molecule has 2 nitrogen and oxygen atoms in total. The Balaban J connectivity index is 2.05. The van der Waals surface area contributed by atoms with Crippen molar-refractivity contribution in [2.75, 3.05) is 0 Å². The van der Waals surface area contributed by atoms with E-state index in [-0.39, 0.29) is 10.9 Å². The summed E-state index contributed by atoms with van der Waals surface area (Å²) in [7, 11) is 0. The van der Waals surface area contributed by atoms with Crippen LogP contribution >= 0.6 is 0 Å². The molecule has 0 aliphatic heterocycles. The number of aryl methyl sites for hydroxylation is 2. The van der Waals surface area contributed by atoms with Gasteiger partial charge in [0.15, 0.2) is 10.9 Å². The van der Waals surface area contributed by atoms with Crippen molar-refractivity contribution in [2.24, 2.45) is 0 Å². The third-order valence-corrected chi connectivity index (χ3v) is 8.74. The van der Waals surface area contributed by atoms with Crippen molar-refractivity contribution in [1.29, 1.82) is 0 Å². The van der Waals surface area contributed by atoms with Gasteiger partial charge in [-0.1, -0.05) is 0 Å². The second-order valence-electron chi connectivity index (χ2n) is 9.68. The van der Waals surface area contributed by atoms with Crippen molar-refractivity contribution in [2.45, 2.75) is 54.4 Å². The summed E-state index contributed by atoms with van der Waals surface area (Å²) in [6.07, 6.45) is 1.75. The summed E-state index contributed by atoms with van der Waals surface area (Å²) >= 11 is 0. The number of hydrogen-bond donors (Lipinski definition) is 0. The lowest BCUT2D eigenvalue weighted by Crippen LogP contribution is -2.23. The highest BCUT2D eigenvalue weighted by molar-refractivity contribution is 6.37. The Labute approximate surface area is 173 Å². The lowest BCUT2D eigenvalue weighted by atomic mass is 9.70. The molecule has 0 unspecified atom stereocenters. The molecule has 30 heavy (non-hydrogen) atoms. The number of benzene rings is 5. The maximum atomic E-state index is 13.7. The van der Waals surface area contributed by atoms with E-state index in [2.05, 4.69) is 27.7 Å². The Bertz CT molecular complexity index is 1680. The van der Waals surface area contributed by atoms with E-state index in [0.29, 0.717) is 10.8 Å². The van der Waals surface area contributed by atoms with Crippen molar-refractivity contribution in [3.05, 3.63) is 76.1 Å². The van der Waals surface area contributed by atoms with Crippen LogP contribution in [0.4, 0.5) is 0 Å². The Hall–Kier alpha value is -3.00. The zero-order chi connectivity index (χ0) is 21.0. The third kappa shape index (κ3) is 1.41. The van der Waals surface area contributed by atoms with Crippen molar-refractivity contribution in [3.8, 4) is 0 Å². The Morgan fingerprint density at radius 1 is 0.367 bits per heavy atom. The molecule has 146 valence electrons. The monoisotopic (exact) mass is 390 g/mol. The first-order valence-electron chi connectivity index (χ1n) is 10.8. The molecule has 0 heterocycles. The summed E-state index contributed by atoms with van der Waals surface area (Å²) in [5.41, 5.74) is 12.1. The summed E-state index contributed by atoms with van der Waals surface area (Å²) in [6.45, 7) is 12.7. The van der Waals surface area contributed by atoms with Crippen LogP contribution in [0.15, 0.2) is 9.59 Å². The van der Waals surface area contributed by atoms with Gasteiger partial charge in [0.05, 0.1) is 0 Å². The van der Waals surface area contributed by atoms with E-state index in [0.717, 1.165) is 34.7 Å². The fourth-order valence-corrected chi connectivity index (χ4v) is 6.67. The molecule has 0 bridgehead atoms. The Morgan fingerprint density at radius 2 is 0.700 bits per heavy atom. The molecule has 0 saturated carbocycles. The summed E-state index contributed by atoms with van der Waals surface area (Å²) in [5.74, 6) is 0. The fraction of sp³-hybridized carbons (Fsp3) is 0.286. The molecule has 5 aromatic carbocycles. The van der Waals surface area contributed by atoms with Gasteiger partial charge in [-0.15, -0.1) is 0 Å². The van der Waals surface area contributed by atoms with Crippen molar-refractivity contribution >= 4 is 43.1 Å². The minimum atomic E-state index is 0.0594. The van der Waals surface area contributed by atoms with Gasteiger partial charge in [-0.05, 0) is 120 Å². The van der Waals surface area contributed by atoms with Gasteiger partial charge in [0.1, 0.15) is 0 Å². The zero-order valence-electron chi connectivity index (χ0n) is 18.2. The van der Waals surface area contributed by atoms with Crippen molar-refractivity contribution in [1.82, 2.24) is 0 Å². The van der Waals surface area contributed by atoms with Crippen LogP contribution in [0.5, 0.6) is 0 Å². The second-order valence-corrected chi connectivity index (χ2v) is 9.68. The molecule has 0 amide bonds. The van der Waals surface area contributed by atoms with Crippen LogP contribution < -0.4 is 10.9 Å². The van der Waals surface area contributed by atoms with E-state index in [1.54, 1.807) is 0 Å². The van der Waals surface area contributed by atoms with E-state index in [1.165, 1.54) is 66.1 Å². The highest BCUT2D eigenvalue weighted by Gasteiger charge is 2.34. The topological polar surface area (TPSA) is 34.1 Å². The lowest BCUT2D eigenvalue weighted by Gasteiger charge is -2.33. The molecule has 0 fully saturated rings. The van der Waals surface area contributed by atoms with Crippen LogP contribution in [0.25, 0.3) is 43.1 Å². The molecule has 0 saturated heterocycles. The predicted octanol–water partition coefficient (Wildman–Crippen LogP) is 5.55. The van der Waals surface area contributed by atoms with Crippen molar-refractivity contribution < 1.29 is 0 Å². The van der Waals surface area contributed by atoms with Gasteiger partial charge < -0.3 is 0 Å². The van der Waals surface area contributed by atoms with Gasteiger partial charge in [0.25, 0.3) is 0 Å². The van der Waals surface area contributed by atoms with Gasteiger partial charge in [-0.2, -0.15) is 0 Å². The first-order chi connectivity index (χ1) is 14.3. The molecular formula is C28H22O2. The fourth-order valence-electron chi connectivity index (χ4n) is 6.67. The maximum Gasteiger partial charge on any atom is 0.190 e. The van der Waals surface area contributed by atoms with Gasteiger partial charge in [-0.25, -0.2) is 0 Å². The molecule has 2 aliphatic carbocycles. The van der Waals surface area contributed by atoms with Gasteiger partial charge >= 0.3 is 0 Å². The molecule has 2 aliphatic rings. The molecule has 0 atom stereocenters. The predicted molar refractivity (Wildman–Crippen MR) is 125 cm³/mol. The van der Waals surface area contributed by atoms with E-state index >= 15 is 0 Å². The standard InChI is InChI=1S/C28H22O2/c1-9-11(3)19-20-12(4)10(2)16-8-18-14(6)28(30)26(24(20)22(16)18)25-23(19)21-15(9)7-17(21)13(5)27(25)29/h7-8H2,1-6H3. The number of hydrogen-bond acceptors (Lipinski definition) is 2. The van der Waals surface area contributed by atoms with Crippen LogP contribution in [0.2, 0.25) is 0 Å². The van der Waals surface area contributed by atoms with E-state index in [1.807, 2.05) is 13.8 Å². The smallest absolute Gasteiger partial charge is 0.190 e. The minimum Gasteiger partial charge on any atom is -0.289 e. The van der Waals surface area contributed by atoms with Crippen LogP contribution in [0, 0.1) is 41.5 Å². The van der Waals surface area contributed by atoms with E-state index in [9.17, 15) is 9.59 Å². The Kier molecular flexibility index (Phi) is 2.61. The second kappa shape index (κ2) is 4.67. The Morgan fingerprint density at radius 3 is 1.07 bits per heavy atom. The van der Waals surface area contributed by atoms with Gasteiger partial charge in [0.2, 0.25) is 0 Å². The van der Waals surface area contributed by atoms with Crippen LogP contribution in [0.1, 0.15) is 55.6 Å². The van der Waals surface area contributed by atoms with Crippen LogP contribution in [-0.2, 0) is 12.8 Å². The largest absolute Gasteiger partial charge is 0.289 e. The quantitative estimate of drug-likeness (QED) is 0.251. The first-order valence-corrected chi connectivity index (χ1v) is 10.8. The lowest BCUT2D eigenvalue weighted by molar-refractivity contribution is 1.08. The number of fused-ring (bicyclic) bond motifs is 2. The summed E-state index contributed by atoms with van der Waals surface area (Å²) in [4.78, 5) is 27.3. The summed E-state index contributed by atoms with van der Waals surface area (Å²) in [6, 6.07) is 0. The average Bonchev–Trinajstić information content (AvgIpc) is 2.66. The number of rotatable bonds is 0. The normalized spacial score (nSPS) is 14.3. The maximum absolute atomic E-state index is 13.7. The first kappa shape index (κ1) is 16.8. The average molecular weight is 390 g/mol. The molecule has 2 heteroatoms. The van der Waals surface area contributed by atoms with Crippen LogP contribution in [-0.4, -0.2) is 0 Å². The summed E-state index contributed by atoms with van der Waals surface area (Å²) < 4.78 is 0. The van der Waals surface area contributed by atoms with Crippen LogP contribution in [0.3, 0.4) is 0 Å². The molecular weight excluding hydrogens is 368 g/mol. The highest BCUT2D eigenvalue weighted by atomic mass is 16.1. The molecule has 7 rings (SSSR count).